The van der Waals surface area contributed by atoms with Gasteiger partial charge in [0.1, 0.15) is 0 Å². The largest absolute Gasteiger partial charge is 0.364 e. The number of anilines is 3. The van der Waals surface area contributed by atoms with Crippen molar-refractivity contribution < 1.29 is 4.79 Å². The molecule has 1 amide bonds. The van der Waals surface area contributed by atoms with Gasteiger partial charge in [0.05, 0.1) is 0 Å². The number of carbonyl (C=O) groups excluding carboxylic acids is 1. The summed E-state index contributed by atoms with van der Waals surface area (Å²) in [7, 11) is 0. The van der Waals surface area contributed by atoms with Crippen LogP contribution in [0.2, 0.25) is 0 Å². The van der Waals surface area contributed by atoms with E-state index in [1.165, 1.54) is 44.3 Å². The van der Waals surface area contributed by atoms with Crippen molar-refractivity contribution in [2.45, 2.75) is 69.5 Å². The van der Waals surface area contributed by atoms with Crippen LogP contribution in [0, 0.1) is 0 Å². The van der Waals surface area contributed by atoms with Crippen molar-refractivity contribution in [3.63, 3.8) is 0 Å². The van der Waals surface area contributed by atoms with Gasteiger partial charge in [0.2, 0.25) is 5.95 Å². The minimum atomic E-state index is -0.661. The number of nitrogens with two attached hydrogens (primary N) is 2. The molecular formula is C24H35ClN8O. The molecule has 10 heteroatoms. The van der Waals surface area contributed by atoms with Crippen LogP contribution in [-0.2, 0) is 0 Å². The maximum Gasteiger partial charge on any atom is 0.273 e. The Labute approximate surface area is 207 Å². The van der Waals surface area contributed by atoms with E-state index < -0.39 is 5.91 Å². The zero-order valence-electron chi connectivity index (χ0n) is 19.7. The van der Waals surface area contributed by atoms with E-state index in [0.29, 0.717) is 17.7 Å². The average molecular weight is 487 g/mol. The summed E-state index contributed by atoms with van der Waals surface area (Å²) in [6.45, 7) is 5.27. The zero-order valence-corrected chi connectivity index (χ0v) is 20.5. The highest BCUT2D eigenvalue weighted by Gasteiger charge is 2.32. The number of hydrogen-bond acceptors (Lipinski definition) is 8. The molecule has 1 saturated carbocycles. The normalized spacial score (nSPS) is 23.9. The van der Waals surface area contributed by atoms with Gasteiger partial charge in [-0.05, 0) is 82.2 Å². The summed E-state index contributed by atoms with van der Waals surface area (Å²) in [5, 5.41) is 11.5. The molecule has 0 unspecified atom stereocenters. The van der Waals surface area contributed by atoms with Gasteiger partial charge in [0.15, 0.2) is 11.5 Å². The molecule has 184 valence electrons. The topological polar surface area (TPSA) is 126 Å². The average Bonchev–Trinajstić information content (AvgIpc) is 3.67. The Kier molecular flexibility index (Phi) is 7.54. The molecule has 1 aromatic carbocycles. The number of nitrogens with zero attached hydrogens (tertiary/aromatic N) is 5. The smallest absolute Gasteiger partial charge is 0.273 e. The lowest BCUT2D eigenvalue weighted by Gasteiger charge is -2.37. The fraction of sp³-hybridized carbons (Fsp3) is 0.583. The number of amides is 1. The van der Waals surface area contributed by atoms with Crippen LogP contribution in [0.15, 0.2) is 24.3 Å². The molecule has 1 aromatic heterocycles. The highest BCUT2D eigenvalue weighted by atomic mass is 35.5. The van der Waals surface area contributed by atoms with E-state index in [9.17, 15) is 4.79 Å². The lowest BCUT2D eigenvalue weighted by atomic mass is 9.89. The maximum atomic E-state index is 12.0. The lowest BCUT2D eigenvalue weighted by Crippen LogP contribution is -2.51. The summed E-state index contributed by atoms with van der Waals surface area (Å²) >= 11 is 0. The van der Waals surface area contributed by atoms with Crippen molar-refractivity contribution in [2.24, 2.45) is 11.5 Å². The first-order valence-electron chi connectivity index (χ1n) is 12.2. The molecule has 3 heterocycles. The Balaban J connectivity index is 0.00000274. The van der Waals surface area contributed by atoms with Gasteiger partial charge in [-0.2, -0.15) is 4.98 Å². The number of benzene rings is 1. The van der Waals surface area contributed by atoms with Gasteiger partial charge in [-0.3, -0.25) is 4.79 Å². The minimum absolute atomic E-state index is 0. The second kappa shape index (κ2) is 10.4. The fourth-order valence-electron chi connectivity index (χ4n) is 5.16. The molecule has 2 saturated heterocycles. The number of piperidine rings is 2. The molecule has 0 radical (unpaired) electrons. The Bertz CT molecular complexity index is 991. The third-order valence-electron chi connectivity index (χ3n) is 7.45. The number of nitrogens with one attached hydrogen (secondary N) is 1. The van der Waals surface area contributed by atoms with Crippen LogP contribution in [0.4, 0.5) is 17.5 Å². The summed E-state index contributed by atoms with van der Waals surface area (Å²) < 4.78 is 0. The van der Waals surface area contributed by atoms with Crippen LogP contribution in [0.1, 0.15) is 67.4 Å². The maximum absolute atomic E-state index is 12.0. The van der Waals surface area contributed by atoms with Gasteiger partial charge in [-0.25, -0.2) is 0 Å². The number of aromatic nitrogens is 3. The minimum Gasteiger partial charge on any atom is -0.364 e. The van der Waals surface area contributed by atoms with Crippen LogP contribution in [0.5, 0.6) is 0 Å². The number of carbonyl (C=O) groups is 1. The van der Waals surface area contributed by atoms with Gasteiger partial charge in [0, 0.05) is 30.4 Å². The first kappa shape index (κ1) is 24.6. The van der Waals surface area contributed by atoms with Crippen LogP contribution in [0.25, 0.3) is 0 Å². The van der Waals surface area contributed by atoms with Crippen LogP contribution < -0.4 is 21.7 Å². The summed E-state index contributed by atoms with van der Waals surface area (Å²) in [6.07, 6.45) is 7.12. The van der Waals surface area contributed by atoms with Crippen molar-refractivity contribution in [3.05, 3.63) is 35.5 Å². The summed E-state index contributed by atoms with van der Waals surface area (Å²) in [4.78, 5) is 21.3. The van der Waals surface area contributed by atoms with E-state index >= 15 is 0 Å². The van der Waals surface area contributed by atoms with Crippen LogP contribution >= 0.6 is 12.4 Å². The quantitative estimate of drug-likeness (QED) is 0.569. The number of rotatable bonds is 6. The molecule has 5 N–H and O–H groups in total. The summed E-state index contributed by atoms with van der Waals surface area (Å²) in [5.74, 6) is 0.729. The van der Waals surface area contributed by atoms with E-state index in [0.717, 1.165) is 31.1 Å². The first-order valence-corrected chi connectivity index (χ1v) is 12.2. The fourth-order valence-corrected chi connectivity index (χ4v) is 5.16. The second-order valence-electron chi connectivity index (χ2n) is 9.70. The van der Waals surface area contributed by atoms with Crippen molar-refractivity contribution in [1.29, 1.82) is 0 Å². The van der Waals surface area contributed by atoms with E-state index in [1.807, 2.05) is 17.0 Å². The van der Waals surface area contributed by atoms with E-state index in [4.69, 9.17) is 11.5 Å². The molecule has 0 spiro atoms. The van der Waals surface area contributed by atoms with Gasteiger partial charge in [-0.15, -0.1) is 22.6 Å². The molecule has 9 nitrogen and oxygen atoms in total. The van der Waals surface area contributed by atoms with Crippen molar-refractivity contribution in [3.8, 4) is 0 Å². The molecule has 2 aliphatic heterocycles. The predicted molar refractivity (Wildman–Crippen MR) is 136 cm³/mol. The van der Waals surface area contributed by atoms with Crippen LogP contribution in [0.3, 0.4) is 0 Å². The van der Waals surface area contributed by atoms with E-state index in [1.54, 1.807) is 0 Å². The zero-order chi connectivity index (χ0) is 22.9. The van der Waals surface area contributed by atoms with Gasteiger partial charge in [-0.1, -0.05) is 12.1 Å². The number of hydrogen-bond donors (Lipinski definition) is 3. The van der Waals surface area contributed by atoms with E-state index in [2.05, 4.69) is 44.5 Å². The molecule has 2 aromatic rings. The van der Waals surface area contributed by atoms with Gasteiger partial charge in [0.25, 0.3) is 5.91 Å². The Hall–Kier alpha value is -2.49. The molecule has 3 aliphatic rings. The number of primary amides is 1. The summed E-state index contributed by atoms with van der Waals surface area (Å²) in [5.41, 5.74) is 14.0. The van der Waals surface area contributed by atoms with Gasteiger partial charge < -0.3 is 26.6 Å². The number of halogens is 1. The van der Waals surface area contributed by atoms with Gasteiger partial charge >= 0.3 is 0 Å². The molecular weight excluding hydrogens is 452 g/mol. The highest BCUT2D eigenvalue weighted by molar-refractivity contribution is 5.96. The molecule has 1 aliphatic carbocycles. The SMILES string of the molecule is C[C@@H]1[C@H](N)CCCN1c1nnc(C(N)=O)c(Nc2ccc(C3CCN(C4CC4)CC3)cc2)n1.Cl. The molecule has 2 atom stereocenters. The molecule has 34 heavy (non-hydrogen) atoms. The Morgan fingerprint density at radius 2 is 1.74 bits per heavy atom. The van der Waals surface area contributed by atoms with Crippen molar-refractivity contribution >= 4 is 35.8 Å². The third-order valence-corrected chi connectivity index (χ3v) is 7.45. The first-order chi connectivity index (χ1) is 16.0. The van der Waals surface area contributed by atoms with Crippen LogP contribution in [-0.4, -0.2) is 63.7 Å². The van der Waals surface area contributed by atoms with Crippen molar-refractivity contribution in [2.75, 3.05) is 29.9 Å². The standard InChI is InChI=1S/C24H34N8O.ClH/c1-15-20(25)3-2-12-32(15)24-28-23(21(22(26)33)29-30-24)27-18-6-4-16(5-7-18)17-10-13-31(14-11-17)19-8-9-19;/h4-7,15,17,19-20H,2-3,8-14,25H2,1H3,(H2,26,33)(H,27,28,30);1H/t15-,20-;/m1./s1. The summed E-state index contributed by atoms with van der Waals surface area (Å²) in [6, 6.07) is 9.42. The Morgan fingerprint density at radius 3 is 2.38 bits per heavy atom. The number of likely N-dealkylation sites (tertiary alicyclic amines) is 1. The predicted octanol–water partition coefficient (Wildman–Crippen LogP) is 2.79. The second-order valence-corrected chi connectivity index (χ2v) is 9.70. The highest BCUT2D eigenvalue weighted by Crippen LogP contribution is 2.35. The molecule has 5 rings (SSSR count). The molecule has 0 bridgehead atoms. The van der Waals surface area contributed by atoms with E-state index in [-0.39, 0.29) is 30.2 Å². The van der Waals surface area contributed by atoms with Crippen molar-refractivity contribution in [1.82, 2.24) is 20.1 Å². The monoisotopic (exact) mass is 486 g/mol. The Morgan fingerprint density at radius 1 is 1.03 bits per heavy atom. The lowest BCUT2D eigenvalue weighted by molar-refractivity contribution is 0.0995. The third kappa shape index (κ3) is 5.26. The molecule has 3 fully saturated rings.